The predicted molar refractivity (Wildman–Crippen MR) is 29.1 cm³/mol. The third-order valence-corrected chi connectivity index (χ3v) is 0.933. The first kappa shape index (κ1) is 6.76. The maximum atomic E-state index is 10.6. The summed E-state index contributed by atoms with van der Waals surface area (Å²) in [5.74, 6) is -1.27. The van der Waals surface area contributed by atoms with Crippen LogP contribution in [-0.2, 0) is 19.3 Å². The fourth-order valence-corrected chi connectivity index (χ4v) is 0.445. The molecule has 1 aliphatic rings. The lowest BCUT2D eigenvalue weighted by atomic mass is 10.3. The molecule has 0 aromatic heterocycles. The van der Waals surface area contributed by atoms with E-state index in [4.69, 9.17) is 0 Å². The Kier molecular flexibility index (Phi) is 1.68. The molecule has 0 aromatic rings. The highest BCUT2D eigenvalue weighted by Crippen LogP contribution is 1.98. The Morgan fingerprint density at radius 3 is 2.80 bits per heavy atom. The van der Waals surface area contributed by atoms with Gasteiger partial charge in [-0.05, 0) is 6.92 Å². The van der Waals surface area contributed by atoms with Gasteiger partial charge >= 0.3 is 11.9 Å². The quantitative estimate of drug-likeness (QED) is 0.493. The number of nitrogens with one attached hydrogen (secondary N) is 1. The Balaban J connectivity index is 2.80. The van der Waals surface area contributed by atoms with Crippen LogP contribution in [0.4, 0.5) is 0 Å². The standard InChI is InChI=1S/C5H5NO4/c1-3-2-4(7)9-6-10-5(3)8/h2,6H,1H3. The summed E-state index contributed by atoms with van der Waals surface area (Å²) in [6, 6.07) is 0. The molecule has 0 atom stereocenters. The topological polar surface area (TPSA) is 64.6 Å². The zero-order valence-corrected chi connectivity index (χ0v) is 5.21. The van der Waals surface area contributed by atoms with Crippen LogP contribution in [0.2, 0.25) is 0 Å². The average molecular weight is 143 g/mol. The number of rotatable bonds is 0. The Hall–Kier alpha value is -1.36. The predicted octanol–water partition coefficient (Wildman–Crippen LogP) is -0.548. The fourth-order valence-electron chi connectivity index (χ4n) is 0.445. The van der Waals surface area contributed by atoms with Crippen LogP contribution in [0.1, 0.15) is 6.92 Å². The van der Waals surface area contributed by atoms with E-state index in [0.717, 1.165) is 6.08 Å². The zero-order chi connectivity index (χ0) is 7.56. The zero-order valence-electron chi connectivity index (χ0n) is 5.21. The van der Waals surface area contributed by atoms with Crippen LogP contribution in [0.5, 0.6) is 0 Å². The molecule has 0 saturated heterocycles. The van der Waals surface area contributed by atoms with Crippen LogP contribution in [-0.4, -0.2) is 11.9 Å². The Morgan fingerprint density at radius 2 is 2.10 bits per heavy atom. The lowest BCUT2D eigenvalue weighted by molar-refractivity contribution is -0.189. The molecule has 0 amide bonds. The van der Waals surface area contributed by atoms with Crippen molar-refractivity contribution in [1.82, 2.24) is 5.64 Å². The summed E-state index contributed by atoms with van der Waals surface area (Å²) >= 11 is 0. The molecule has 5 heteroatoms. The SMILES string of the molecule is CC1=CC(=O)ONOC1=O. The molecule has 0 saturated carbocycles. The van der Waals surface area contributed by atoms with E-state index in [1.807, 2.05) is 0 Å². The number of hydrogen-bond acceptors (Lipinski definition) is 5. The van der Waals surface area contributed by atoms with Crippen LogP contribution in [0.25, 0.3) is 0 Å². The van der Waals surface area contributed by atoms with Crippen molar-refractivity contribution in [3.8, 4) is 0 Å². The van der Waals surface area contributed by atoms with Gasteiger partial charge in [0.15, 0.2) is 0 Å². The van der Waals surface area contributed by atoms with Gasteiger partial charge in [0.25, 0.3) is 0 Å². The van der Waals surface area contributed by atoms with Crippen molar-refractivity contribution in [3.05, 3.63) is 11.6 Å². The molecule has 0 radical (unpaired) electrons. The van der Waals surface area contributed by atoms with E-state index >= 15 is 0 Å². The maximum Gasteiger partial charge on any atom is 0.356 e. The second kappa shape index (κ2) is 2.49. The molecule has 5 nitrogen and oxygen atoms in total. The van der Waals surface area contributed by atoms with Gasteiger partial charge in [-0.1, -0.05) is 0 Å². The highest BCUT2D eigenvalue weighted by Gasteiger charge is 2.13. The van der Waals surface area contributed by atoms with E-state index in [1.165, 1.54) is 6.92 Å². The minimum absolute atomic E-state index is 0.204. The van der Waals surface area contributed by atoms with Crippen molar-refractivity contribution < 1.29 is 19.3 Å². The van der Waals surface area contributed by atoms with Crippen molar-refractivity contribution in [2.45, 2.75) is 6.92 Å². The van der Waals surface area contributed by atoms with Crippen molar-refractivity contribution in [2.24, 2.45) is 0 Å². The normalized spacial score (nSPS) is 18.7. The van der Waals surface area contributed by atoms with Crippen molar-refractivity contribution in [2.75, 3.05) is 0 Å². The van der Waals surface area contributed by atoms with Gasteiger partial charge in [-0.25, -0.2) is 9.59 Å². The number of carbonyl (C=O) groups excluding carboxylic acids is 2. The first-order chi connectivity index (χ1) is 4.70. The van der Waals surface area contributed by atoms with Gasteiger partial charge in [0.2, 0.25) is 0 Å². The van der Waals surface area contributed by atoms with E-state index in [0.29, 0.717) is 0 Å². The first-order valence-electron chi connectivity index (χ1n) is 2.55. The molecular formula is C5H5NO4. The summed E-state index contributed by atoms with van der Waals surface area (Å²) in [4.78, 5) is 29.3. The van der Waals surface area contributed by atoms with Crippen LogP contribution >= 0.6 is 0 Å². The van der Waals surface area contributed by atoms with Gasteiger partial charge < -0.3 is 9.68 Å². The van der Waals surface area contributed by atoms with E-state index in [9.17, 15) is 9.59 Å². The summed E-state index contributed by atoms with van der Waals surface area (Å²) in [7, 11) is 0. The highest BCUT2D eigenvalue weighted by molar-refractivity contribution is 5.96. The van der Waals surface area contributed by atoms with Gasteiger partial charge in [-0.3, -0.25) is 0 Å². The minimum Gasteiger partial charge on any atom is -0.331 e. The fraction of sp³-hybridized carbons (Fsp3) is 0.200. The van der Waals surface area contributed by atoms with Gasteiger partial charge in [0.05, 0.1) is 0 Å². The van der Waals surface area contributed by atoms with Crippen LogP contribution in [0, 0.1) is 0 Å². The summed E-state index contributed by atoms with van der Waals surface area (Å²) in [5, 5.41) is 0. The summed E-state index contributed by atoms with van der Waals surface area (Å²) < 4.78 is 0. The molecule has 0 aromatic carbocycles. The maximum absolute atomic E-state index is 10.6. The van der Waals surface area contributed by atoms with E-state index in [1.54, 1.807) is 5.64 Å². The van der Waals surface area contributed by atoms with E-state index < -0.39 is 11.9 Å². The van der Waals surface area contributed by atoms with Gasteiger partial charge in [0.1, 0.15) is 0 Å². The Bertz CT molecular complexity index is 208. The second-order valence-corrected chi connectivity index (χ2v) is 1.72. The van der Waals surface area contributed by atoms with Crippen LogP contribution in [0.15, 0.2) is 11.6 Å². The molecule has 1 aliphatic heterocycles. The van der Waals surface area contributed by atoms with Crippen LogP contribution < -0.4 is 5.64 Å². The molecule has 0 unspecified atom stereocenters. The van der Waals surface area contributed by atoms with Gasteiger partial charge in [-0.15, -0.1) is 0 Å². The minimum atomic E-state index is -0.650. The average Bonchev–Trinajstić information content (AvgIpc) is 1.96. The molecule has 0 bridgehead atoms. The second-order valence-electron chi connectivity index (χ2n) is 1.72. The monoisotopic (exact) mass is 143 g/mol. The molecule has 1 heterocycles. The molecule has 1 N–H and O–H groups in total. The molecule has 0 aliphatic carbocycles. The highest BCUT2D eigenvalue weighted by atomic mass is 16.9. The summed E-state index contributed by atoms with van der Waals surface area (Å²) in [5.41, 5.74) is 1.93. The summed E-state index contributed by atoms with van der Waals surface area (Å²) in [6.45, 7) is 1.45. The molecular weight excluding hydrogens is 138 g/mol. The van der Waals surface area contributed by atoms with Crippen molar-refractivity contribution in [3.63, 3.8) is 0 Å². The molecule has 0 spiro atoms. The first-order valence-corrected chi connectivity index (χ1v) is 2.55. The van der Waals surface area contributed by atoms with Crippen molar-refractivity contribution >= 4 is 11.9 Å². The lowest BCUT2D eigenvalue weighted by Crippen LogP contribution is -2.19. The van der Waals surface area contributed by atoms with Crippen molar-refractivity contribution in [1.29, 1.82) is 0 Å². The Morgan fingerprint density at radius 1 is 1.40 bits per heavy atom. The van der Waals surface area contributed by atoms with Gasteiger partial charge in [-0.2, -0.15) is 0 Å². The Labute approximate surface area is 56.5 Å². The molecule has 0 fully saturated rings. The molecule has 1 rings (SSSR count). The summed E-state index contributed by atoms with van der Waals surface area (Å²) in [6.07, 6.45) is 1.04. The number of hydrogen-bond donors (Lipinski definition) is 1. The lowest BCUT2D eigenvalue weighted by Gasteiger charge is -1.97. The smallest absolute Gasteiger partial charge is 0.331 e. The molecule has 54 valence electrons. The number of carbonyl (C=O) groups is 2. The largest absolute Gasteiger partial charge is 0.356 e. The van der Waals surface area contributed by atoms with Gasteiger partial charge in [0, 0.05) is 17.3 Å². The van der Waals surface area contributed by atoms with E-state index in [2.05, 4.69) is 9.68 Å². The molecule has 10 heavy (non-hydrogen) atoms. The van der Waals surface area contributed by atoms with E-state index in [-0.39, 0.29) is 5.57 Å². The third kappa shape index (κ3) is 1.32. The van der Waals surface area contributed by atoms with Crippen LogP contribution in [0.3, 0.4) is 0 Å². The third-order valence-electron chi connectivity index (χ3n) is 0.933.